The lowest BCUT2D eigenvalue weighted by Gasteiger charge is -2.11. The number of aryl methyl sites for hydroxylation is 1. The molecule has 6 nitrogen and oxygen atoms in total. The van der Waals surface area contributed by atoms with Crippen LogP contribution < -0.4 is 5.56 Å². The lowest BCUT2D eigenvalue weighted by Crippen LogP contribution is -2.25. The van der Waals surface area contributed by atoms with Gasteiger partial charge in [0.05, 0.1) is 11.6 Å². The van der Waals surface area contributed by atoms with Crippen molar-refractivity contribution in [2.75, 3.05) is 0 Å². The molecular formula is C17H18N2O4S. The van der Waals surface area contributed by atoms with Crippen molar-refractivity contribution in [1.82, 2.24) is 9.55 Å². The molecule has 3 aromatic heterocycles. The molecule has 0 bridgehead atoms. The highest BCUT2D eigenvalue weighted by Gasteiger charge is 2.18. The Bertz CT molecular complexity index is 909. The van der Waals surface area contributed by atoms with Crippen LogP contribution in [0.1, 0.15) is 32.0 Å². The monoisotopic (exact) mass is 346 g/mol. The number of carboxylic acids is 1. The summed E-state index contributed by atoms with van der Waals surface area (Å²) in [5.74, 6) is 0.495. The number of aromatic nitrogens is 2. The molecule has 0 amide bonds. The van der Waals surface area contributed by atoms with Gasteiger partial charge < -0.3 is 9.52 Å². The average molecular weight is 346 g/mol. The molecule has 0 saturated heterocycles. The Hall–Kier alpha value is -2.41. The smallest absolute Gasteiger partial charge is 0.303 e. The Morgan fingerprint density at radius 2 is 2.29 bits per heavy atom. The van der Waals surface area contributed by atoms with Gasteiger partial charge in [0.15, 0.2) is 0 Å². The Morgan fingerprint density at radius 1 is 1.46 bits per heavy atom. The van der Waals surface area contributed by atoms with Gasteiger partial charge >= 0.3 is 5.97 Å². The van der Waals surface area contributed by atoms with Gasteiger partial charge in [-0.25, -0.2) is 4.98 Å². The zero-order valence-electron chi connectivity index (χ0n) is 13.3. The zero-order chi connectivity index (χ0) is 17.1. The van der Waals surface area contributed by atoms with E-state index in [1.165, 1.54) is 11.3 Å². The van der Waals surface area contributed by atoms with Crippen molar-refractivity contribution < 1.29 is 14.3 Å². The van der Waals surface area contributed by atoms with E-state index in [0.29, 0.717) is 41.2 Å². The van der Waals surface area contributed by atoms with Crippen molar-refractivity contribution in [3.8, 4) is 11.3 Å². The second-order valence-corrected chi connectivity index (χ2v) is 6.40. The van der Waals surface area contributed by atoms with Gasteiger partial charge in [-0.1, -0.05) is 6.92 Å². The van der Waals surface area contributed by atoms with Gasteiger partial charge in [-0.15, -0.1) is 11.3 Å². The van der Waals surface area contributed by atoms with Crippen molar-refractivity contribution in [3.05, 3.63) is 40.0 Å². The Labute approximate surface area is 142 Å². The summed E-state index contributed by atoms with van der Waals surface area (Å²) >= 11 is 1.43. The molecule has 7 heteroatoms. The topological polar surface area (TPSA) is 85.3 Å². The molecule has 0 aromatic carbocycles. The number of hydrogen-bond acceptors (Lipinski definition) is 5. The van der Waals surface area contributed by atoms with E-state index in [4.69, 9.17) is 9.52 Å². The van der Waals surface area contributed by atoms with Crippen molar-refractivity contribution in [1.29, 1.82) is 0 Å². The second kappa shape index (κ2) is 7.00. The first kappa shape index (κ1) is 16.4. The van der Waals surface area contributed by atoms with Crippen LogP contribution in [0.2, 0.25) is 0 Å². The van der Waals surface area contributed by atoms with Crippen molar-refractivity contribution in [2.45, 2.75) is 39.2 Å². The molecule has 3 heterocycles. The number of furan rings is 1. The van der Waals surface area contributed by atoms with E-state index >= 15 is 0 Å². The third-order valence-corrected chi connectivity index (χ3v) is 4.68. The summed E-state index contributed by atoms with van der Waals surface area (Å²) in [5, 5.41) is 11.3. The number of thiophene rings is 1. The van der Waals surface area contributed by atoms with Gasteiger partial charge in [0, 0.05) is 30.3 Å². The van der Waals surface area contributed by atoms with E-state index in [9.17, 15) is 9.59 Å². The molecule has 0 saturated carbocycles. The van der Waals surface area contributed by atoms with E-state index in [-0.39, 0.29) is 12.0 Å². The highest BCUT2D eigenvalue weighted by Crippen LogP contribution is 2.31. The highest BCUT2D eigenvalue weighted by atomic mass is 32.1. The first-order valence-electron chi connectivity index (χ1n) is 7.88. The fourth-order valence-electron chi connectivity index (χ4n) is 2.71. The van der Waals surface area contributed by atoms with Crippen LogP contribution in [0.4, 0.5) is 0 Å². The van der Waals surface area contributed by atoms with Crippen LogP contribution in [0.5, 0.6) is 0 Å². The number of carbonyl (C=O) groups is 1. The standard InChI is InChI=1S/C17H18N2O4S/c1-2-5-13-18-16-15(11(10-24-16)12-6-4-9-23-12)17(22)19(13)8-3-7-14(20)21/h4,6,9-10H,2-3,5,7-8H2,1H3,(H,20,21). The minimum absolute atomic E-state index is 0.0325. The Morgan fingerprint density at radius 3 is 2.96 bits per heavy atom. The summed E-state index contributed by atoms with van der Waals surface area (Å²) in [6.45, 7) is 2.39. The van der Waals surface area contributed by atoms with Crippen LogP contribution in [0, 0.1) is 0 Å². The van der Waals surface area contributed by atoms with E-state index in [1.807, 2.05) is 18.4 Å². The number of hydrogen-bond donors (Lipinski definition) is 1. The van der Waals surface area contributed by atoms with Crippen LogP contribution in [0.25, 0.3) is 21.5 Å². The minimum Gasteiger partial charge on any atom is -0.481 e. The molecule has 0 fully saturated rings. The Kier molecular flexibility index (Phi) is 4.80. The normalized spacial score (nSPS) is 11.2. The fourth-order valence-corrected chi connectivity index (χ4v) is 3.65. The maximum atomic E-state index is 13.0. The van der Waals surface area contributed by atoms with Crippen molar-refractivity contribution in [3.63, 3.8) is 0 Å². The van der Waals surface area contributed by atoms with Crippen LogP contribution in [0.15, 0.2) is 33.0 Å². The summed E-state index contributed by atoms with van der Waals surface area (Å²) in [4.78, 5) is 29.1. The maximum Gasteiger partial charge on any atom is 0.303 e. The predicted octanol–water partition coefficient (Wildman–Crippen LogP) is 3.54. The van der Waals surface area contributed by atoms with Gasteiger partial charge in [-0.05, 0) is 25.0 Å². The average Bonchev–Trinajstić information content (AvgIpc) is 3.19. The number of aliphatic carboxylic acids is 1. The van der Waals surface area contributed by atoms with Crippen LogP contribution in [-0.4, -0.2) is 20.6 Å². The molecule has 0 aliphatic rings. The number of fused-ring (bicyclic) bond motifs is 1. The van der Waals surface area contributed by atoms with Crippen molar-refractivity contribution in [2.24, 2.45) is 0 Å². The van der Waals surface area contributed by atoms with Crippen LogP contribution in [-0.2, 0) is 17.8 Å². The molecule has 0 aliphatic carbocycles. The lowest BCUT2D eigenvalue weighted by molar-refractivity contribution is -0.137. The second-order valence-electron chi connectivity index (χ2n) is 5.54. The number of carboxylic acid groups (broad SMARTS) is 1. The van der Waals surface area contributed by atoms with Crippen LogP contribution >= 0.6 is 11.3 Å². The van der Waals surface area contributed by atoms with E-state index in [0.717, 1.165) is 12.0 Å². The predicted molar refractivity (Wildman–Crippen MR) is 92.4 cm³/mol. The van der Waals surface area contributed by atoms with Gasteiger partial charge in [-0.2, -0.15) is 0 Å². The largest absolute Gasteiger partial charge is 0.481 e. The number of nitrogens with zero attached hydrogens (tertiary/aromatic N) is 2. The summed E-state index contributed by atoms with van der Waals surface area (Å²) < 4.78 is 7.04. The molecule has 0 unspecified atom stereocenters. The zero-order valence-corrected chi connectivity index (χ0v) is 14.1. The SMILES string of the molecule is CCCc1nc2scc(-c3ccco3)c2c(=O)n1CCCC(=O)O. The molecule has 0 spiro atoms. The van der Waals surface area contributed by atoms with Gasteiger partial charge in [-0.3, -0.25) is 14.2 Å². The molecule has 1 N–H and O–H groups in total. The van der Waals surface area contributed by atoms with E-state index in [2.05, 4.69) is 4.98 Å². The lowest BCUT2D eigenvalue weighted by atomic mass is 10.2. The van der Waals surface area contributed by atoms with Crippen LogP contribution in [0.3, 0.4) is 0 Å². The quantitative estimate of drug-likeness (QED) is 0.707. The molecule has 0 atom stereocenters. The molecule has 3 aromatic rings. The maximum absolute atomic E-state index is 13.0. The number of rotatable bonds is 7. The summed E-state index contributed by atoms with van der Waals surface area (Å²) in [6.07, 6.45) is 3.56. The van der Waals surface area contributed by atoms with E-state index in [1.54, 1.807) is 16.9 Å². The molecule has 0 radical (unpaired) electrons. The molecule has 24 heavy (non-hydrogen) atoms. The summed E-state index contributed by atoms with van der Waals surface area (Å²) in [7, 11) is 0. The third-order valence-electron chi connectivity index (χ3n) is 3.81. The Balaban J connectivity index is 2.10. The summed E-state index contributed by atoms with van der Waals surface area (Å²) in [5.41, 5.74) is 0.619. The molecule has 3 rings (SSSR count). The minimum atomic E-state index is -0.860. The van der Waals surface area contributed by atoms with E-state index < -0.39 is 5.97 Å². The first-order valence-corrected chi connectivity index (χ1v) is 8.76. The molecule has 0 aliphatic heterocycles. The van der Waals surface area contributed by atoms with Gasteiger partial charge in [0.2, 0.25) is 0 Å². The van der Waals surface area contributed by atoms with Gasteiger partial charge in [0.25, 0.3) is 5.56 Å². The first-order chi connectivity index (χ1) is 11.6. The molecular weight excluding hydrogens is 328 g/mol. The summed E-state index contributed by atoms with van der Waals surface area (Å²) in [6, 6.07) is 3.60. The van der Waals surface area contributed by atoms with Crippen molar-refractivity contribution >= 4 is 27.5 Å². The highest BCUT2D eigenvalue weighted by molar-refractivity contribution is 7.17. The third kappa shape index (κ3) is 3.12. The molecule has 126 valence electrons. The van der Waals surface area contributed by atoms with Gasteiger partial charge in [0.1, 0.15) is 16.4 Å². The fraction of sp³-hybridized carbons (Fsp3) is 0.353.